The summed E-state index contributed by atoms with van der Waals surface area (Å²) in [6.45, 7) is 10.3. The van der Waals surface area contributed by atoms with Gasteiger partial charge in [-0.3, -0.25) is 4.68 Å². The van der Waals surface area contributed by atoms with Gasteiger partial charge in [-0.1, -0.05) is 20.8 Å². The van der Waals surface area contributed by atoms with Crippen LogP contribution in [0.15, 0.2) is 17.8 Å². The summed E-state index contributed by atoms with van der Waals surface area (Å²) in [5.74, 6) is 0. The smallest absolute Gasteiger partial charge is 0.0982 e. The van der Waals surface area contributed by atoms with Gasteiger partial charge in [-0.05, 0) is 6.92 Å². The lowest BCUT2D eigenvalue weighted by atomic mass is 9.98. The number of nitrogens with one attached hydrogen (secondary N) is 1. The zero-order chi connectivity index (χ0) is 13.2. The van der Waals surface area contributed by atoms with Crippen molar-refractivity contribution in [3.63, 3.8) is 0 Å². The van der Waals surface area contributed by atoms with Gasteiger partial charge < -0.3 is 5.32 Å². The third-order valence-corrected chi connectivity index (χ3v) is 3.94. The minimum absolute atomic E-state index is 0.135. The highest BCUT2D eigenvalue weighted by Gasteiger charge is 2.17. The minimum Gasteiger partial charge on any atom is -0.377 e. The molecule has 0 saturated heterocycles. The summed E-state index contributed by atoms with van der Waals surface area (Å²) in [5, 5.41) is 10.9. The van der Waals surface area contributed by atoms with Crippen molar-refractivity contribution >= 4 is 17.0 Å². The Labute approximate surface area is 112 Å². The van der Waals surface area contributed by atoms with Crippen molar-refractivity contribution in [3.8, 4) is 0 Å². The molecule has 0 unspecified atom stereocenters. The standard InChI is InChI=1S/C13H20N4S/c1-5-17-8-10(7-15-17)14-6-11-9-18-12(16-11)13(2,3)4/h7-9,14H,5-6H2,1-4H3. The van der Waals surface area contributed by atoms with Crippen molar-refractivity contribution in [3.05, 3.63) is 28.5 Å². The predicted molar refractivity (Wildman–Crippen MR) is 76.0 cm³/mol. The first-order valence-corrected chi connectivity index (χ1v) is 7.08. The SMILES string of the molecule is CCn1cc(NCc2csc(C(C)(C)C)n2)cn1. The maximum Gasteiger partial charge on any atom is 0.0982 e. The minimum atomic E-state index is 0.135. The number of hydrogen-bond acceptors (Lipinski definition) is 4. The summed E-state index contributed by atoms with van der Waals surface area (Å²) in [6, 6.07) is 0. The molecule has 0 radical (unpaired) electrons. The van der Waals surface area contributed by atoms with Crippen molar-refractivity contribution in [2.75, 3.05) is 5.32 Å². The quantitative estimate of drug-likeness (QED) is 0.921. The lowest BCUT2D eigenvalue weighted by molar-refractivity contribution is 0.583. The van der Waals surface area contributed by atoms with E-state index in [1.54, 1.807) is 11.3 Å². The van der Waals surface area contributed by atoms with E-state index in [0.717, 1.165) is 24.5 Å². The van der Waals surface area contributed by atoms with Crippen LogP contribution in [0.5, 0.6) is 0 Å². The molecule has 2 aromatic heterocycles. The molecule has 0 aliphatic carbocycles. The molecular formula is C13H20N4S. The molecule has 0 atom stereocenters. The van der Waals surface area contributed by atoms with Gasteiger partial charge in [0, 0.05) is 23.5 Å². The molecule has 2 heterocycles. The number of nitrogens with zero attached hydrogens (tertiary/aromatic N) is 3. The topological polar surface area (TPSA) is 42.7 Å². The summed E-state index contributed by atoms with van der Waals surface area (Å²) in [7, 11) is 0. The van der Waals surface area contributed by atoms with Crippen molar-refractivity contribution in [1.82, 2.24) is 14.8 Å². The number of anilines is 1. The molecular weight excluding hydrogens is 244 g/mol. The number of aromatic nitrogens is 3. The average Bonchev–Trinajstić information content (AvgIpc) is 2.94. The van der Waals surface area contributed by atoms with Crippen LogP contribution < -0.4 is 5.32 Å². The zero-order valence-electron chi connectivity index (χ0n) is 11.4. The first-order valence-electron chi connectivity index (χ1n) is 6.20. The van der Waals surface area contributed by atoms with Crippen molar-refractivity contribution < 1.29 is 0 Å². The molecule has 2 rings (SSSR count). The van der Waals surface area contributed by atoms with Crippen LogP contribution in [0.1, 0.15) is 38.4 Å². The van der Waals surface area contributed by atoms with E-state index in [9.17, 15) is 0 Å². The van der Waals surface area contributed by atoms with Gasteiger partial charge in [-0.2, -0.15) is 5.10 Å². The Morgan fingerprint density at radius 1 is 1.39 bits per heavy atom. The lowest BCUT2D eigenvalue weighted by Crippen LogP contribution is -2.11. The van der Waals surface area contributed by atoms with Gasteiger partial charge in [-0.25, -0.2) is 4.98 Å². The van der Waals surface area contributed by atoms with Crippen molar-refractivity contribution in [1.29, 1.82) is 0 Å². The fourth-order valence-electron chi connectivity index (χ4n) is 1.55. The number of aryl methyl sites for hydroxylation is 1. The van der Waals surface area contributed by atoms with Gasteiger partial charge in [0.2, 0.25) is 0 Å². The lowest BCUT2D eigenvalue weighted by Gasteiger charge is -2.13. The second-order valence-corrected chi connectivity index (χ2v) is 6.19. The van der Waals surface area contributed by atoms with E-state index >= 15 is 0 Å². The van der Waals surface area contributed by atoms with E-state index in [1.165, 1.54) is 5.01 Å². The van der Waals surface area contributed by atoms with E-state index in [4.69, 9.17) is 0 Å². The van der Waals surface area contributed by atoms with Crippen LogP contribution in [0.2, 0.25) is 0 Å². The first kappa shape index (κ1) is 13.1. The molecule has 0 aromatic carbocycles. The molecule has 0 spiro atoms. The van der Waals surface area contributed by atoms with E-state index in [-0.39, 0.29) is 5.41 Å². The molecule has 0 saturated carbocycles. The second kappa shape index (κ2) is 5.10. The van der Waals surface area contributed by atoms with Gasteiger partial charge >= 0.3 is 0 Å². The molecule has 4 nitrogen and oxygen atoms in total. The Kier molecular flexibility index (Phi) is 3.71. The van der Waals surface area contributed by atoms with E-state index in [2.05, 4.69) is 48.5 Å². The summed E-state index contributed by atoms with van der Waals surface area (Å²) in [6.07, 6.45) is 3.86. The molecule has 0 aliphatic heterocycles. The molecule has 2 aromatic rings. The molecule has 0 bridgehead atoms. The molecule has 18 heavy (non-hydrogen) atoms. The Morgan fingerprint density at radius 3 is 2.72 bits per heavy atom. The van der Waals surface area contributed by atoms with Gasteiger partial charge in [0.05, 0.1) is 29.1 Å². The van der Waals surface area contributed by atoms with Gasteiger partial charge in [0.15, 0.2) is 0 Å². The number of hydrogen-bond donors (Lipinski definition) is 1. The summed E-state index contributed by atoms with van der Waals surface area (Å²) in [5.41, 5.74) is 2.27. The molecule has 0 aliphatic rings. The van der Waals surface area contributed by atoms with Crippen LogP contribution in [0.25, 0.3) is 0 Å². The fourth-order valence-corrected chi connectivity index (χ4v) is 2.46. The Morgan fingerprint density at radius 2 is 2.17 bits per heavy atom. The van der Waals surface area contributed by atoms with Crippen molar-refractivity contribution in [2.24, 2.45) is 0 Å². The third kappa shape index (κ3) is 3.10. The van der Waals surface area contributed by atoms with Crippen LogP contribution in [0.3, 0.4) is 0 Å². The third-order valence-electron chi connectivity index (χ3n) is 2.62. The zero-order valence-corrected chi connectivity index (χ0v) is 12.2. The van der Waals surface area contributed by atoms with Crippen LogP contribution >= 0.6 is 11.3 Å². The Bertz CT molecular complexity index is 507. The highest BCUT2D eigenvalue weighted by atomic mass is 32.1. The maximum atomic E-state index is 4.65. The number of rotatable bonds is 4. The van der Waals surface area contributed by atoms with Crippen LogP contribution in [-0.2, 0) is 18.5 Å². The summed E-state index contributed by atoms with van der Waals surface area (Å²) in [4.78, 5) is 4.65. The Balaban J connectivity index is 1.96. The van der Waals surface area contributed by atoms with Gasteiger partial charge in [0.1, 0.15) is 0 Å². The van der Waals surface area contributed by atoms with Gasteiger partial charge in [0.25, 0.3) is 0 Å². The molecule has 98 valence electrons. The molecule has 0 amide bonds. The molecule has 5 heteroatoms. The highest BCUT2D eigenvalue weighted by Crippen LogP contribution is 2.25. The Hall–Kier alpha value is -1.36. The van der Waals surface area contributed by atoms with Crippen LogP contribution in [0.4, 0.5) is 5.69 Å². The normalized spacial score (nSPS) is 11.8. The van der Waals surface area contributed by atoms with Crippen molar-refractivity contribution in [2.45, 2.75) is 46.2 Å². The maximum absolute atomic E-state index is 4.65. The summed E-state index contributed by atoms with van der Waals surface area (Å²) < 4.78 is 1.91. The largest absolute Gasteiger partial charge is 0.377 e. The second-order valence-electron chi connectivity index (χ2n) is 5.33. The van der Waals surface area contributed by atoms with E-state index < -0.39 is 0 Å². The fraction of sp³-hybridized carbons (Fsp3) is 0.538. The predicted octanol–water partition coefficient (Wildman–Crippen LogP) is 3.27. The highest BCUT2D eigenvalue weighted by molar-refractivity contribution is 7.09. The van der Waals surface area contributed by atoms with Crippen LogP contribution in [-0.4, -0.2) is 14.8 Å². The van der Waals surface area contributed by atoms with E-state index in [1.807, 2.05) is 17.1 Å². The average molecular weight is 264 g/mol. The van der Waals surface area contributed by atoms with Gasteiger partial charge in [-0.15, -0.1) is 11.3 Å². The summed E-state index contributed by atoms with van der Waals surface area (Å²) >= 11 is 1.73. The monoisotopic (exact) mass is 264 g/mol. The first-order chi connectivity index (χ1) is 8.49. The molecule has 0 fully saturated rings. The van der Waals surface area contributed by atoms with E-state index in [0.29, 0.717) is 0 Å². The molecule has 1 N–H and O–H groups in total. The van der Waals surface area contributed by atoms with Crippen LogP contribution in [0, 0.1) is 0 Å². The number of thiazole rings is 1.